The van der Waals surface area contributed by atoms with Crippen LogP contribution in [-0.2, 0) is 0 Å². The first-order chi connectivity index (χ1) is 10.8. The van der Waals surface area contributed by atoms with Gasteiger partial charge < -0.3 is 0 Å². The van der Waals surface area contributed by atoms with E-state index in [1.165, 1.54) is 12.1 Å². The van der Waals surface area contributed by atoms with Crippen molar-refractivity contribution < 1.29 is 4.39 Å². The van der Waals surface area contributed by atoms with E-state index in [9.17, 15) is 4.39 Å². The molecular formula is C17H13FN4. The Morgan fingerprint density at radius 1 is 0.864 bits per heavy atom. The highest BCUT2D eigenvalue weighted by molar-refractivity contribution is 5.79. The second-order valence-corrected chi connectivity index (χ2v) is 4.48. The third-order valence-corrected chi connectivity index (χ3v) is 2.93. The normalized spacial score (nSPS) is 10.8. The van der Waals surface area contributed by atoms with Gasteiger partial charge in [-0.15, -0.1) is 0 Å². The van der Waals surface area contributed by atoms with Crippen molar-refractivity contribution in [2.75, 3.05) is 5.01 Å². The molecule has 3 rings (SSSR count). The van der Waals surface area contributed by atoms with Gasteiger partial charge in [0.15, 0.2) is 5.82 Å². The molecule has 0 spiro atoms. The molecule has 108 valence electrons. The topological polar surface area (TPSA) is 41.4 Å². The summed E-state index contributed by atoms with van der Waals surface area (Å²) in [4.78, 5) is 8.48. The number of aromatic nitrogens is 2. The Morgan fingerprint density at radius 2 is 1.59 bits per heavy atom. The third kappa shape index (κ3) is 3.32. The van der Waals surface area contributed by atoms with Gasteiger partial charge in [0.05, 0.1) is 17.6 Å². The second kappa shape index (κ2) is 6.58. The van der Waals surface area contributed by atoms with E-state index in [4.69, 9.17) is 0 Å². The maximum atomic E-state index is 13.1. The lowest BCUT2D eigenvalue weighted by molar-refractivity contribution is 0.628. The third-order valence-electron chi connectivity index (χ3n) is 2.93. The predicted molar refractivity (Wildman–Crippen MR) is 84.6 cm³/mol. The smallest absolute Gasteiger partial charge is 0.153 e. The lowest BCUT2D eigenvalue weighted by Gasteiger charge is -2.17. The minimum atomic E-state index is -0.293. The van der Waals surface area contributed by atoms with Crippen LogP contribution in [0.3, 0.4) is 0 Å². The minimum absolute atomic E-state index is 0.293. The van der Waals surface area contributed by atoms with Gasteiger partial charge in [-0.25, -0.2) is 14.4 Å². The summed E-state index contributed by atoms with van der Waals surface area (Å²) < 4.78 is 13.1. The van der Waals surface area contributed by atoms with E-state index in [0.29, 0.717) is 11.5 Å². The van der Waals surface area contributed by atoms with E-state index in [1.807, 2.05) is 36.4 Å². The van der Waals surface area contributed by atoms with Crippen molar-refractivity contribution >= 4 is 17.7 Å². The first-order valence-corrected chi connectivity index (χ1v) is 6.75. The van der Waals surface area contributed by atoms with Crippen LogP contribution in [0.15, 0.2) is 78.2 Å². The van der Waals surface area contributed by atoms with Gasteiger partial charge in [0, 0.05) is 12.4 Å². The van der Waals surface area contributed by atoms with Crippen molar-refractivity contribution in [1.82, 2.24) is 9.97 Å². The average molecular weight is 292 g/mol. The molecule has 2 heterocycles. The van der Waals surface area contributed by atoms with Crippen molar-refractivity contribution in [3.63, 3.8) is 0 Å². The highest BCUT2D eigenvalue weighted by atomic mass is 19.1. The number of benzene rings is 1. The van der Waals surface area contributed by atoms with Crippen LogP contribution >= 0.6 is 0 Å². The van der Waals surface area contributed by atoms with Gasteiger partial charge in [-0.2, -0.15) is 5.10 Å². The molecule has 0 radical (unpaired) electrons. The average Bonchev–Trinajstić information content (AvgIpc) is 2.58. The van der Waals surface area contributed by atoms with Crippen molar-refractivity contribution in [3.05, 3.63) is 84.6 Å². The molecule has 0 N–H and O–H groups in total. The van der Waals surface area contributed by atoms with Gasteiger partial charge >= 0.3 is 0 Å². The Bertz CT molecular complexity index is 743. The van der Waals surface area contributed by atoms with Gasteiger partial charge in [0.1, 0.15) is 5.82 Å². The van der Waals surface area contributed by atoms with E-state index in [0.717, 1.165) is 5.69 Å². The number of hydrogen-bond donors (Lipinski definition) is 0. The first kappa shape index (κ1) is 13.9. The number of hydrogen-bond acceptors (Lipinski definition) is 4. The number of hydrazone groups is 1. The molecule has 0 aliphatic carbocycles. The standard InChI is InChI=1S/C17H13FN4/c18-14-7-9-16(10-8-14)22(17-6-2-4-12-20-17)21-13-15-5-1-3-11-19-15/h1-13H/b21-13+. The van der Waals surface area contributed by atoms with Gasteiger partial charge in [-0.3, -0.25) is 4.98 Å². The molecule has 4 nitrogen and oxygen atoms in total. The fourth-order valence-corrected chi connectivity index (χ4v) is 1.89. The molecule has 0 saturated carbocycles. The maximum absolute atomic E-state index is 13.1. The number of pyridine rings is 2. The van der Waals surface area contributed by atoms with E-state index in [2.05, 4.69) is 15.1 Å². The molecule has 22 heavy (non-hydrogen) atoms. The largest absolute Gasteiger partial charge is 0.255 e. The summed E-state index contributed by atoms with van der Waals surface area (Å²) in [5.41, 5.74) is 1.44. The fourth-order valence-electron chi connectivity index (χ4n) is 1.89. The monoisotopic (exact) mass is 292 g/mol. The van der Waals surface area contributed by atoms with E-state index in [1.54, 1.807) is 35.7 Å². The number of anilines is 2. The van der Waals surface area contributed by atoms with Crippen LogP contribution in [0.2, 0.25) is 0 Å². The van der Waals surface area contributed by atoms with Crippen molar-refractivity contribution in [2.45, 2.75) is 0 Å². The fraction of sp³-hybridized carbons (Fsp3) is 0. The molecule has 0 amide bonds. The summed E-state index contributed by atoms with van der Waals surface area (Å²) in [6.07, 6.45) is 5.02. The molecule has 0 fully saturated rings. The van der Waals surface area contributed by atoms with Gasteiger partial charge in [0.25, 0.3) is 0 Å². The molecule has 2 aromatic heterocycles. The molecule has 0 aliphatic rings. The quantitative estimate of drug-likeness (QED) is 0.542. The van der Waals surface area contributed by atoms with Crippen molar-refractivity contribution in [3.8, 4) is 0 Å². The Balaban J connectivity index is 1.96. The highest BCUT2D eigenvalue weighted by Crippen LogP contribution is 2.23. The van der Waals surface area contributed by atoms with Crippen LogP contribution in [-0.4, -0.2) is 16.2 Å². The summed E-state index contributed by atoms with van der Waals surface area (Å²) in [6, 6.07) is 17.2. The van der Waals surface area contributed by atoms with Crippen LogP contribution in [0.25, 0.3) is 0 Å². The summed E-state index contributed by atoms with van der Waals surface area (Å²) in [7, 11) is 0. The Labute approximate surface area is 127 Å². The maximum Gasteiger partial charge on any atom is 0.153 e. The molecule has 5 heteroatoms. The zero-order valence-electron chi connectivity index (χ0n) is 11.7. The predicted octanol–water partition coefficient (Wildman–Crippen LogP) is 3.79. The van der Waals surface area contributed by atoms with Gasteiger partial charge in [0.2, 0.25) is 0 Å². The first-order valence-electron chi connectivity index (χ1n) is 6.75. The molecule has 0 unspecified atom stereocenters. The molecule has 0 aliphatic heterocycles. The molecule has 1 aromatic carbocycles. The summed E-state index contributed by atoms with van der Waals surface area (Å²) in [5, 5.41) is 6.06. The molecule has 3 aromatic rings. The zero-order valence-corrected chi connectivity index (χ0v) is 11.7. The highest BCUT2D eigenvalue weighted by Gasteiger charge is 2.08. The second-order valence-electron chi connectivity index (χ2n) is 4.48. The molecule has 0 saturated heterocycles. The van der Waals surface area contributed by atoms with E-state index < -0.39 is 0 Å². The summed E-state index contributed by atoms with van der Waals surface area (Å²) >= 11 is 0. The van der Waals surface area contributed by atoms with Crippen LogP contribution in [0.1, 0.15) is 5.69 Å². The lowest BCUT2D eigenvalue weighted by atomic mass is 10.3. The van der Waals surface area contributed by atoms with Crippen LogP contribution in [0.5, 0.6) is 0 Å². The lowest BCUT2D eigenvalue weighted by Crippen LogP contribution is -2.11. The van der Waals surface area contributed by atoms with Crippen molar-refractivity contribution in [2.24, 2.45) is 5.10 Å². The number of halogens is 1. The Morgan fingerprint density at radius 3 is 2.23 bits per heavy atom. The Hall–Kier alpha value is -3.08. The number of rotatable bonds is 4. The number of nitrogens with zero attached hydrogens (tertiary/aromatic N) is 4. The van der Waals surface area contributed by atoms with Gasteiger partial charge in [-0.1, -0.05) is 12.1 Å². The van der Waals surface area contributed by atoms with E-state index in [-0.39, 0.29) is 5.82 Å². The summed E-state index contributed by atoms with van der Waals surface area (Å²) in [5.74, 6) is 0.347. The minimum Gasteiger partial charge on any atom is -0.255 e. The van der Waals surface area contributed by atoms with Crippen LogP contribution < -0.4 is 5.01 Å². The van der Waals surface area contributed by atoms with Crippen LogP contribution in [0, 0.1) is 5.82 Å². The Kier molecular flexibility index (Phi) is 4.15. The SMILES string of the molecule is Fc1ccc(N(/N=C/c2ccccn2)c2ccccn2)cc1. The molecular weight excluding hydrogens is 279 g/mol. The van der Waals surface area contributed by atoms with Crippen molar-refractivity contribution in [1.29, 1.82) is 0 Å². The van der Waals surface area contributed by atoms with Gasteiger partial charge in [-0.05, 0) is 48.5 Å². The van der Waals surface area contributed by atoms with Crippen LogP contribution in [0.4, 0.5) is 15.9 Å². The summed E-state index contributed by atoms with van der Waals surface area (Å²) in [6.45, 7) is 0. The molecule has 0 bridgehead atoms. The molecule has 0 atom stereocenters. The van der Waals surface area contributed by atoms with E-state index >= 15 is 0 Å². The zero-order chi connectivity index (χ0) is 15.2.